The summed E-state index contributed by atoms with van der Waals surface area (Å²) >= 11 is 3.34. The van der Waals surface area contributed by atoms with Gasteiger partial charge < -0.3 is 9.84 Å². The highest BCUT2D eigenvalue weighted by Crippen LogP contribution is 2.36. The van der Waals surface area contributed by atoms with Gasteiger partial charge in [0.15, 0.2) is 0 Å². The van der Waals surface area contributed by atoms with Gasteiger partial charge in [-0.3, -0.25) is 0 Å². The van der Waals surface area contributed by atoms with Crippen molar-refractivity contribution in [2.75, 3.05) is 0 Å². The molecule has 1 N–H and O–H groups in total. The van der Waals surface area contributed by atoms with Gasteiger partial charge in [0.1, 0.15) is 21.8 Å². The van der Waals surface area contributed by atoms with Gasteiger partial charge in [0.2, 0.25) is 5.88 Å². The minimum atomic E-state index is -0.962. The first-order chi connectivity index (χ1) is 10.1. The van der Waals surface area contributed by atoms with Gasteiger partial charge in [-0.25, -0.2) is 14.8 Å². The van der Waals surface area contributed by atoms with Gasteiger partial charge in [0.05, 0.1) is 5.39 Å². The maximum Gasteiger partial charge on any atom is 0.346 e. The minimum absolute atomic E-state index is 0.262. The molecule has 1 aromatic carbocycles. The van der Waals surface area contributed by atoms with Gasteiger partial charge in [0, 0.05) is 3.57 Å². The van der Waals surface area contributed by atoms with E-state index in [9.17, 15) is 9.90 Å². The van der Waals surface area contributed by atoms with Crippen molar-refractivity contribution in [3.05, 3.63) is 44.6 Å². The van der Waals surface area contributed by atoms with Crippen LogP contribution in [-0.2, 0) is 0 Å². The molecule has 0 aliphatic rings. The molecule has 0 saturated heterocycles. The normalized spacial score (nSPS) is 10.8. The van der Waals surface area contributed by atoms with Crippen molar-refractivity contribution in [2.45, 2.75) is 6.92 Å². The van der Waals surface area contributed by atoms with Crippen LogP contribution in [0.2, 0.25) is 0 Å². The third kappa shape index (κ3) is 2.70. The number of hydrogen-bond donors (Lipinski definition) is 1. The third-order valence-electron chi connectivity index (χ3n) is 2.91. The standard InChI is InChI=1S/C14H9IN2O3S/c1-7-10-12(20-9-4-2-8(15)3-5-9)16-6-17-13(10)21-11(7)14(18)19/h2-6H,1H3,(H,18,19). The molecule has 2 heterocycles. The highest BCUT2D eigenvalue weighted by molar-refractivity contribution is 14.1. The number of aromatic nitrogens is 2. The van der Waals surface area contributed by atoms with Crippen LogP contribution in [0.25, 0.3) is 10.2 Å². The molecule has 0 bridgehead atoms. The predicted molar refractivity (Wildman–Crippen MR) is 88.3 cm³/mol. The Balaban J connectivity index is 2.10. The first-order valence-electron chi connectivity index (χ1n) is 5.97. The number of halogens is 1. The van der Waals surface area contributed by atoms with Gasteiger partial charge in [-0.15, -0.1) is 11.3 Å². The van der Waals surface area contributed by atoms with Crippen molar-refractivity contribution >= 4 is 50.1 Å². The van der Waals surface area contributed by atoms with Crippen LogP contribution >= 0.6 is 33.9 Å². The molecule has 0 radical (unpaired) electrons. The van der Waals surface area contributed by atoms with Crippen molar-refractivity contribution in [1.29, 1.82) is 0 Å². The fourth-order valence-electron chi connectivity index (χ4n) is 1.93. The van der Waals surface area contributed by atoms with Crippen LogP contribution in [-0.4, -0.2) is 21.0 Å². The molecule has 7 heteroatoms. The number of rotatable bonds is 3. The largest absolute Gasteiger partial charge is 0.477 e. The van der Waals surface area contributed by atoms with E-state index in [1.165, 1.54) is 6.33 Å². The van der Waals surface area contributed by atoms with E-state index in [0.717, 1.165) is 14.9 Å². The second kappa shape index (κ2) is 5.57. The third-order valence-corrected chi connectivity index (χ3v) is 4.82. The summed E-state index contributed by atoms with van der Waals surface area (Å²) in [4.78, 5) is 20.4. The Bertz CT molecular complexity index is 830. The lowest BCUT2D eigenvalue weighted by Crippen LogP contribution is -1.95. The van der Waals surface area contributed by atoms with Crippen LogP contribution < -0.4 is 4.74 Å². The van der Waals surface area contributed by atoms with Crippen LogP contribution in [0.3, 0.4) is 0 Å². The maximum atomic E-state index is 11.2. The van der Waals surface area contributed by atoms with Crippen molar-refractivity contribution < 1.29 is 14.6 Å². The number of carboxylic acid groups (broad SMARTS) is 1. The fraction of sp³-hybridized carbons (Fsp3) is 0.0714. The highest BCUT2D eigenvalue weighted by Gasteiger charge is 2.19. The average molecular weight is 412 g/mol. The Labute approximate surface area is 137 Å². The minimum Gasteiger partial charge on any atom is -0.477 e. The molecule has 5 nitrogen and oxygen atoms in total. The molecule has 106 valence electrons. The van der Waals surface area contributed by atoms with E-state index < -0.39 is 5.97 Å². The number of carbonyl (C=O) groups is 1. The molecule has 3 aromatic rings. The molecule has 21 heavy (non-hydrogen) atoms. The van der Waals surface area contributed by atoms with E-state index in [-0.39, 0.29) is 4.88 Å². The van der Waals surface area contributed by atoms with Crippen LogP contribution in [0.15, 0.2) is 30.6 Å². The molecule has 0 aliphatic heterocycles. The Morgan fingerprint density at radius 3 is 2.67 bits per heavy atom. The first kappa shape index (κ1) is 14.2. The van der Waals surface area contributed by atoms with Gasteiger partial charge in [-0.05, 0) is 59.3 Å². The molecule has 0 unspecified atom stereocenters. The Kier molecular flexibility index (Phi) is 3.77. The van der Waals surface area contributed by atoms with Crippen LogP contribution in [0, 0.1) is 10.5 Å². The van der Waals surface area contributed by atoms with Crippen LogP contribution in [0.1, 0.15) is 15.2 Å². The van der Waals surface area contributed by atoms with E-state index in [4.69, 9.17) is 4.74 Å². The summed E-state index contributed by atoms with van der Waals surface area (Å²) in [6.45, 7) is 1.74. The fourth-order valence-corrected chi connectivity index (χ4v) is 3.27. The van der Waals surface area contributed by atoms with Gasteiger partial charge in [-0.1, -0.05) is 0 Å². The van der Waals surface area contributed by atoms with Gasteiger partial charge in [-0.2, -0.15) is 0 Å². The summed E-state index contributed by atoms with van der Waals surface area (Å²) in [5.74, 6) is 0.0658. The lowest BCUT2D eigenvalue weighted by atomic mass is 10.2. The zero-order valence-corrected chi connectivity index (χ0v) is 13.8. The summed E-state index contributed by atoms with van der Waals surface area (Å²) in [5.41, 5.74) is 0.628. The topological polar surface area (TPSA) is 72.3 Å². The second-order valence-electron chi connectivity index (χ2n) is 4.28. The van der Waals surface area contributed by atoms with Crippen molar-refractivity contribution in [3.8, 4) is 11.6 Å². The number of aryl methyl sites for hydroxylation is 1. The molecule has 0 aliphatic carbocycles. The zero-order chi connectivity index (χ0) is 15.0. The monoisotopic (exact) mass is 412 g/mol. The molecule has 0 amide bonds. The lowest BCUT2D eigenvalue weighted by Gasteiger charge is -2.06. The van der Waals surface area contributed by atoms with E-state index in [1.54, 1.807) is 6.92 Å². The second-order valence-corrected chi connectivity index (χ2v) is 6.52. The number of nitrogens with zero attached hydrogens (tertiary/aromatic N) is 2. The summed E-state index contributed by atoms with van der Waals surface area (Å²) < 4.78 is 6.88. The Hall–Kier alpha value is -1.74. The predicted octanol–water partition coefficient (Wildman–Crippen LogP) is 4.09. The molecule has 0 atom stereocenters. The maximum absolute atomic E-state index is 11.2. The smallest absolute Gasteiger partial charge is 0.346 e. The van der Waals surface area contributed by atoms with Crippen molar-refractivity contribution in [1.82, 2.24) is 9.97 Å². The van der Waals surface area contributed by atoms with Crippen LogP contribution in [0.4, 0.5) is 0 Å². The van der Waals surface area contributed by atoms with Gasteiger partial charge >= 0.3 is 5.97 Å². The summed E-state index contributed by atoms with van der Waals surface area (Å²) in [6, 6.07) is 7.54. The van der Waals surface area contributed by atoms with E-state index >= 15 is 0 Å². The average Bonchev–Trinajstić information content (AvgIpc) is 2.80. The number of fused-ring (bicyclic) bond motifs is 1. The van der Waals surface area contributed by atoms with E-state index in [0.29, 0.717) is 27.4 Å². The summed E-state index contributed by atoms with van der Waals surface area (Å²) in [7, 11) is 0. The number of ether oxygens (including phenoxy) is 1. The number of benzene rings is 1. The molecule has 2 aromatic heterocycles. The van der Waals surface area contributed by atoms with E-state index in [1.807, 2.05) is 24.3 Å². The summed E-state index contributed by atoms with van der Waals surface area (Å²) in [6.07, 6.45) is 1.38. The molecule has 0 fully saturated rings. The molecule has 0 saturated carbocycles. The Morgan fingerprint density at radius 1 is 1.29 bits per heavy atom. The number of hydrogen-bond acceptors (Lipinski definition) is 5. The molecular formula is C14H9IN2O3S. The molecule has 0 spiro atoms. The van der Waals surface area contributed by atoms with Crippen molar-refractivity contribution in [2.24, 2.45) is 0 Å². The number of carboxylic acids is 1. The number of thiophene rings is 1. The molecular weight excluding hydrogens is 403 g/mol. The van der Waals surface area contributed by atoms with Gasteiger partial charge in [0.25, 0.3) is 0 Å². The van der Waals surface area contributed by atoms with E-state index in [2.05, 4.69) is 32.6 Å². The summed E-state index contributed by atoms with van der Waals surface area (Å²) in [5, 5.41) is 9.85. The zero-order valence-electron chi connectivity index (χ0n) is 10.8. The number of aromatic carboxylic acids is 1. The Morgan fingerprint density at radius 2 is 2.00 bits per heavy atom. The van der Waals surface area contributed by atoms with Crippen LogP contribution in [0.5, 0.6) is 11.6 Å². The van der Waals surface area contributed by atoms with Crippen molar-refractivity contribution in [3.63, 3.8) is 0 Å². The first-order valence-corrected chi connectivity index (χ1v) is 7.86. The molecule has 3 rings (SSSR count). The SMILES string of the molecule is Cc1c(C(=O)O)sc2ncnc(Oc3ccc(I)cc3)c12. The quantitative estimate of drug-likeness (QED) is 0.656. The highest BCUT2D eigenvalue weighted by atomic mass is 127. The lowest BCUT2D eigenvalue weighted by molar-refractivity contribution is 0.0701.